The summed E-state index contributed by atoms with van der Waals surface area (Å²) < 4.78 is 6.18. The quantitative estimate of drug-likeness (QED) is 0.806. The maximum atomic E-state index is 12.4. The van der Waals surface area contributed by atoms with E-state index < -0.39 is 0 Å². The summed E-state index contributed by atoms with van der Waals surface area (Å²) in [4.78, 5) is 30.2. The molecule has 1 aromatic rings. The molecule has 0 bridgehead atoms. The van der Waals surface area contributed by atoms with Crippen molar-refractivity contribution in [2.75, 3.05) is 46.9 Å². The molecule has 2 aliphatic rings. The molecule has 27 heavy (non-hydrogen) atoms. The molecule has 2 saturated heterocycles. The van der Waals surface area contributed by atoms with Crippen molar-refractivity contribution in [1.29, 1.82) is 0 Å². The lowest BCUT2D eigenvalue weighted by atomic mass is 9.90. The van der Waals surface area contributed by atoms with Crippen LogP contribution < -0.4 is 0 Å². The van der Waals surface area contributed by atoms with Crippen molar-refractivity contribution in [2.45, 2.75) is 38.3 Å². The zero-order valence-corrected chi connectivity index (χ0v) is 16.7. The Morgan fingerprint density at radius 2 is 1.93 bits per heavy atom. The van der Waals surface area contributed by atoms with Gasteiger partial charge in [0.2, 0.25) is 11.8 Å². The number of carbonyl (C=O) groups excluding carboxylic acids is 2. The van der Waals surface area contributed by atoms with E-state index >= 15 is 0 Å². The molecular weight excluding hydrogens is 342 g/mol. The molecule has 0 radical (unpaired) electrons. The Balaban J connectivity index is 1.62. The summed E-state index contributed by atoms with van der Waals surface area (Å²) in [6, 6.07) is 8.51. The maximum absolute atomic E-state index is 12.4. The predicted molar refractivity (Wildman–Crippen MR) is 104 cm³/mol. The lowest BCUT2D eigenvalue weighted by Gasteiger charge is -2.42. The minimum atomic E-state index is -0.318. The largest absolute Gasteiger partial charge is 0.373 e. The highest BCUT2D eigenvalue weighted by Gasteiger charge is 2.40. The molecule has 6 nitrogen and oxygen atoms in total. The number of amides is 2. The Kier molecular flexibility index (Phi) is 6.17. The van der Waals surface area contributed by atoms with Gasteiger partial charge in [0.15, 0.2) is 0 Å². The minimum Gasteiger partial charge on any atom is -0.373 e. The average Bonchev–Trinajstić information content (AvgIpc) is 2.78. The summed E-state index contributed by atoms with van der Waals surface area (Å²) in [5.74, 6) is -0.0261. The van der Waals surface area contributed by atoms with Gasteiger partial charge in [-0.3, -0.25) is 14.5 Å². The van der Waals surface area contributed by atoms with E-state index in [0.29, 0.717) is 19.6 Å². The number of ether oxygens (including phenoxy) is 1. The van der Waals surface area contributed by atoms with E-state index in [1.54, 1.807) is 19.0 Å². The number of rotatable bonds is 4. The monoisotopic (exact) mass is 373 g/mol. The third-order valence-corrected chi connectivity index (χ3v) is 5.80. The van der Waals surface area contributed by atoms with Crippen LogP contribution in [-0.2, 0) is 20.9 Å². The van der Waals surface area contributed by atoms with Crippen LogP contribution >= 0.6 is 0 Å². The summed E-state index contributed by atoms with van der Waals surface area (Å²) >= 11 is 0. The fourth-order valence-corrected chi connectivity index (χ4v) is 3.89. The fourth-order valence-electron chi connectivity index (χ4n) is 3.89. The number of benzene rings is 1. The van der Waals surface area contributed by atoms with Crippen LogP contribution in [-0.4, -0.2) is 79.0 Å². The third-order valence-electron chi connectivity index (χ3n) is 5.80. The SMILES string of the molecule is Cc1ccccc1CN1CCC2(CC1)CN(CC(=O)N(C)C)C(=O)CCO2. The minimum absolute atomic E-state index is 0.0180. The Morgan fingerprint density at radius 1 is 1.22 bits per heavy atom. The van der Waals surface area contributed by atoms with E-state index in [1.165, 1.54) is 16.0 Å². The Bertz CT molecular complexity index is 681. The molecule has 0 aliphatic carbocycles. The highest BCUT2D eigenvalue weighted by Crippen LogP contribution is 2.31. The van der Waals surface area contributed by atoms with E-state index in [0.717, 1.165) is 32.5 Å². The van der Waals surface area contributed by atoms with E-state index in [1.807, 2.05) is 0 Å². The lowest BCUT2D eigenvalue weighted by molar-refractivity contribution is -0.140. The van der Waals surface area contributed by atoms with Crippen molar-refractivity contribution >= 4 is 11.8 Å². The topological polar surface area (TPSA) is 53.1 Å². The summed E-state index contributed by atoms with van der Waals surface area (Å²) in [5.41, 5.74) is 2.37. The van der Waals surface area contributed by atoms with Gasteiger partial charge in [-0.05, 0) is 30.9 Å². The molecule has 3 rings (SSSR count). The van der Waals surface area contributed by atoms with Gasteiger partial charge in [-0.1, -0.05) is 24.3 Å². The zero-order valence-electron chi connectivity index (χ0n) is 16.7. The number of piperidine rings is 1. The molecule has 2 fully saturated rings. The first-order valence-corrected chi connectivity index (χ1v) is 9.77. The molecule has 2 heterocycles. The van der Waals surface area contributed by atoms with Crippen molar-refractivity contribution < 1.29 is 14.3 Å². The van der Waals surface area contributed by atoms with E-state index in [-0.39, 0.29) is 24.0 Å². The van der Waals surface area contributed by atoms with E-state index in [4.69, 9.17) is 4.74 Å². The molecule has 2 aliphatic heterocycles. The van der Waals surface area contributed by atoms with Crippen LogP contribution in [0.3, 0.4) is 0 Å². The van der Waals surface area contributed by atoms with Gasteiger partial charge in [-0.2, -0.15) is 0 Å². The van der Waals surface area contributed by atoms with Crippen LogP contribution in [0.1, 0.15) is 30.4 Å². The molecule has 6 heteroatoms. The molecule has 2 amide bonds. The molecule has 0 aromatic heterocycles. The Labute approximate surface area is 162 Å². The van der Waals surface area contributed by atoms with Crippen molar-refractivity contribution in [2.24, 2.45) is 0 Å². The summed E-state index contributed by atoms with van der Waals surface area (Å²) in [6.07, 6.45) is 2.13. The molecule has 1 spiro atoms. The van der Waals surface area contributed by atoms with E-state index in [9.17, 15) is 9.59 Å². The molecule has 1 aromatic carbocycles. The van der Waals surface area contributed by atoms with E-state index in [2.05, 4.69) is 36.1 Å². The number of hydrogen-bond acceptors (Lipinski definition) is 4. The van der Waals surface area contributed by atoms with Crippen LogP contribution in [0.4, 0.5) is 0 Å². The van der Waals surface area contributed by atoms with Gasteiger partial charge in [-0.25, -0.2) is 0 Å². The van der Waals surface area contributed by atoms with Crippen molar-refractivity contribution in [3.05, 3.63) is 35.4 Å². The normalized spacial score (nSPS) is 20.6. The van der Waals surface area contributed by atoms with Crippen LogP contribution in [0, 0.1) is 6.92 Å². The van der Waals surface area contributed by atoms with Gasteiger partial charge in [-0.15, -0.1) is 0 Å². The van der Waals surface area contributed by atoms with Gasteiger partial charge in [0, 0.05) is 33.7 Å². The average molecular weight is 373 g/mol. The van der Waals surface area contributed by atoms with Crippen molar-refractivity contribution in [3.8, 4) is 0 Å². The first-order chi connectivity index (χ1) is 12.9. The number of hydrogen-bond donors (Lipinski definition) is 0. The predicted octanol–water partition coefficient (Wildman–Crippen LogP) is 1.67. The van der Waals surface area contributed by atoms with Crippen LogP contribution in [0.15, 0.2) is 24.3 Å². The first-order valence-electron chi connectivity index (χ1n) is 9.77. The highest BCUT2D eigenvalue weighted by atomic mass is 16.5. The van der Waals surface area contributed by atoms with Crippen molar-refractivity contribution in [3.63, 3.8) is 0 Å². The Hall–Kier alpha value is -1.92. The zero-order chi connectivity index (χ0) is 19.4. The smallest absolute Gasteiger partial charge is 0.241 e. The third kappa shape index (κ3) is 4.87. The van der Waals surface area contributed by atoms with Gasteiger partial charge in [0.25, 0.3) is 0 Å². The number of carbonyl (C=O) groups is 2. The van der Waals surface area contributed by atoms with Gasteiger partial charge < -0.3 is 14.5 Å². The fraction of sp³-hybridized carbons (Fsp3) is 0.619. The standard InChI is InChI=1S/C21H31N3O3/c1-17-6-4-5-7-18(17)14-23-11-9-21(10-12-23)16-24(15-20(26)22(2)3)19(25)8-13-27-21/h4-7H,8-16H2,1-3H3. The number of likely N-dealkylation sites (tertiary alicyclic amines) is 1. The van der Waals surface area contributed by atoms with Gasteiger partial charge in [0.1, 0.15) is 0 Å². The summed E-state index contributed by atoms with van der Waals surface area (Å²) in [5, 5.41) is 0. The second kappa shape index (κ2) is 8.40. The molecule has 148 valence electrons. The maximum Gasteiger partial charge on any atom is 0.241 e. The number of aryl methyl sites for hydroxylation is 1. The van der Waals surface area contributed by atoms with Crippen LogP contribution in [0.5, 0.6) is 0 Å². The first kappa shape index (κ1) is 19.8. The second-order valence-electron chi connectivity index (χ2n) is 8.02. The molecule has 0 atom stereocenters. The van der Waals surface area contributed by atoms with Gasteiger partial charge >= 0.3 is 0 Å². The molecular formula is C21H31N3O3. The lowest BCUT2D eigenvalue weighted by Crippen LogP contribution is -2.53. The van der Waals surface area contributed by atoms with Gasteiger partial charge in [0.05, 0.1) is 31.7 Å². The molecule has 0 unspecified atom stereocenters. The summed E-state index contributed by atoms with van der Waals surface area (Å²) in [6.45, 7) is 6.09. The number of likely N-dealkylation sites (N-methyl/N-ethyl adjacent to an activating group) is 1. The van der Waals surface area contributed by atoms with Crippen LogP contribution in [0.25, 0.3) is 0 Å². The Morgan fingerprint density at radius 3 is 2.59 bits per heavy atom. The van der Waals surface area contributed by atoms with Crippen LogP contribution in [0.2, 0.25) is 0 Å². The molecule has 0 saturated carbocycles. The second-order valence-corrected chi connectivity index (χ2v) is 8.02. The summed E-state index contributed by atoms with van der Waals surface area (Å²) in [7, 11) is 3.45. The van der Waals surface area contributed by atoms with Crippen molar-refractivity contribution in [1.82, 2.24) is 14.7 Å². The molecule has 0 N–H and O–H groups in total. The highest BCUT2D eigenvalue weighted by molar-refractivity contribution is 5.84. The number of nitrogens with zero attached hydrogens (tertiary/aromatic N) is 3.